The molecule has 0 bridgehead atoms. The van der Waals surface area contributed by atoms with Gasteiger partial charge in [0.1, 0.15) is 5.75 Å². The number of methoxy groups -OCH3 is 1. The van der Waals surface area contributed by atoms with Gasteiger partial charge in [-0.2, -0.15) is 0 Å². The summed E-state index contributed by atoms with van der Waals surface area (Å²) in [7, 11) is 1.32. The zero-order chi connectivity index (χ0) is 15.9. The van der Waals surface area contributed by atoms with Crippen LogP contribution in [0.3, 0.4) is 0 Å². The molecule has 0 heterocycles. The average Bonchev–Trinajstić information content (AvgIpc) is 2.52. The molecule has 0 saturated carbocycles. The van der Waals surface area contributed by atoms with Gasteiger partial charge in [-0.25, -0.2) is 4.79 Å². The lowest BCUT2D eigenvalue weighted by Gasteiger charge is -2.08. The van der Waals surface area contributed by atoms with E-state index in [1.807, 2.05) is 31.2 Å². The van der Waals surface area contributed by atoms with Crippen molar-refractivity contribution in [3.63, 3.8) is 0 Å². The third-order valence-electron chi connectivity index (χ3n) is 2.95. The summed E-state index contributed by atoms with van der Waals surface area (Å²) in [6, 6.07) is 13.9. The lowest BCUT2D eigenvalue weighted by Crippen LogP contribution is -2.20. The largest absolute Gasteiger partial charge is 0.484 e. The number of amides is 1. The molecule has 0 saturated heterocycles. The van der Waals surface area contributed by atoms with Gasteiger partial charge in [0.25, 0.3) is 5.91 Å². The predicted octanol–water partition coefficient (Wildman–Crippen LogP) is 2.80. The Morgan fingerprint density at radius 1 is 1.09 bits per heavy atom. The summed E-state index contributed by atoms with van der Waals surface area (Å²) < 4.78 is 9.98. The summed E-state index contributed by atoms with van der Waals surface area (Å²) in [5.41, 5.74) is 2.23. The fourth-order valence-electron chi connectivity index (χ4n) is 1.87. The van der Waals surface area contributed by atoms with E-state index in [-0.39, 0.29) is 12.5 Å². The molecule has 0 aromatic heterocycles. The number of aryl methyl sites for hydroxylation is 1. The normalized spacial score (nSPS) is 9.91. The van der Waals surface area contributed by atoms with E-state index in [1.165, 1.54) is 7.11 Å². The first-order valence-electron chi connectivity index (χ1n) is 6.76. The first-order chi connectivity index (χ1) is 10.6. The van der Waals surface area contributed by atoms with Gasteiger partial charge in [0, 0.05) is 5.69 Å². The van der Waals surface area contributed by atoms with Crippen LogP contribution < -0.4 is 10.1 Å². The van der Waals surface area contributed by atoms with Gasteiger partial charge in [0.15, 0.2) is 6.61 Å². The number of anilines is 1. The van der Waals surface area contributed by atoms with Crippen LogP contribution in [0.25, 0.3) is 0 Å². The number of hydrogen-bond donors (Lipinski definition) is 1. The van der Waals surface area contributed by atoms with E-state index in [0.29, 0.717) is 11.3 Å². The Labute approximate surface area is 128 Å². The Morgan fingerprint density at radius 3 is 2.45 bits per heavy atom. The molecule has 1 N–H and O–H groups in total. The van der Waals surface area contributed by atoms with E-state index < -0.39 is 5.97 Å². The minimum Gasteiger partial charge on any atom is -0.484 e. The second-order valence-electron chi connectivity index (χ2n) is 4.72. The van der Waals surface area contributed by atoms with E-state index in [0.717, 1.165) is 11.3 Å². The molecule has 0 aliphatic rings. The molecule has 5 heteroatoms. The maximum Gasteiger partial charge on any atom is 0.337 e. The zero-order valence-electron chi connectivity index (χ0n) is 12.5. The minimum absolute atomic E-state index is 0.106. The minimum atomic E-state index is -0.413. The Balaban J connectivity index is 1.87. The van der Waals surface area contributed by atoms with Crippen LogP contribution in [0.5, 0.6) is 5.75 Å². The Hall–Kier alpha value is -2.82. The van der Waals surface area contributed by atoms with Crippen LogP contribution in [-0.4, -0.2) is 25.6 Å². The van der Waals surface area contributed by atoms with Crippen LogP contribution in [0, 0.1) is 6.92 Å². The highest BCUT2D eigenvalue weighted by atomic mass is 16.5. The van der Waals surface area contributed by atoms with Crippen LogP contribution in [0.2, 0.25) is 0 Å². The molecule has 1 amide bonds. The van der Waals surface area contributed by atoms with Crippen molar-refractivity contribution in [2.24, 2.45) is 0 Å². The lowest BCUT2D eigenvalue weighted by atomic mass is 10.2. The molecule has 2 aromatic rings. The topological polar surface area (TPSA) is 64.6 Å². The molecule has 0 fully saturated rings. The maximum atomic E-state index is 11.8. The number of carbonyl (C=O) groups excluding carboxylic acids is 2. The van der Waals surface area contributed by atoms with Crippen molar-refractivity contribution in [3.8, 4) is 5.75 Å². The van der Waals surface area contributed by atoms with Crippen molar-refractivity contribution in [3.05, 3.63) is 59.7 Å². The summed E-state index contributed by atoms with van der Waals surface area (Å²) >= 11 is 0. The van der Waals surface area contributed by atoms with E-state index in [1.54, 1.807) is 24.3 Å². The molecule has 0 unspecified atom stereocenters. The fraction of sp³-hybridized carbons (Fsp3) is 0.176. The van der Waals surface area contributed by atoms with E-state index >= 15 is 0 Å². The summed E-state index contributed by atoms with van der Waals surface area (Å²) in [4.78, 5) is 23.1. The van der Waals surface area contributed by atoms with Crippen LogP contribution in [0.15, 0.2) is 48.5 Å². The smallest absolute Gasteiger partial charge is 0.337 e. The highest BCUT2D eigenvalue weighted by molar-refractivity contribution is 5.92. The fourth-order valence-corrected chi connectivity index (χ4v) is 1.87. The second kappa shape index (κ2) is 7.26. The van der Waals surface area contributed by atoms with Gasteiger partial charge in [0.05, 0.1) is 12.7 Å². The van der Waals surface area contributed by atoms with E-state index in [4.69, 9.17) is 4.74 Å². The quantitative estimate of drug-likeness (QED) is 0.862. The molecule has 0 aliphatic heterocycles. The molecule has 0 radical (unpaired) electrons. The first-order valence-corrected chi connectivity index (χ1v) is 6.76. The standard InChI is InChI=1S/C17H17NO4/c1-12-4-3-5-14(10-12)18-16(19)11-22-15-8-6-13(7-9-15)17(20)21-2/h3-10H,11H2,1-2H3,(H,18,19). The molecular weight excluding hydrogens is 282 g/mol. The number of rotatable bonds is 5. The number of carbonyl (C=O) groups is 2. The maximum absolute atomic E-state index is 11.8. The number of nitrogens with one attached hydrogen (secondary N) is 1. The van der Waals surface area contributed by atoms with Crippen LogP contribution in [-0.2, 0) is 9.53 Å². The van der Waals surface area contributed by atoms with Gasteiger partial charge in [-0.05, 0) is 48.9 Å². The first kappa shape index (κ1) is 15.6. The van der Waals surface area contributed by atoms with Crippen molar-refractivity contribution >= 4 is 17.6 Å². The van der Waals surface area contributed by atoms with Crippen LogP contribution >= 0.6 is 0 Å². The highest BCUT2D eigenvalue weighted by Crippen LogP contribution is 2.13. The van der Waals surface area contributed by atoms with Crippen molar-refractivity contribution in [2.75, 3.05) is 19.0 Å². The van der Waals surface area contributed by atoms with Crippen molar-refractivity contribution in [2.45, 2.75) is 6.92 Å². The monoisotopic (exact) mass is 299 g/mol. The summed E-state index contributed by atoms with van der Waals surface area (Å²) in [5.74, 6) is -0.154. The summed E-state index contributed by atoms with van der Waals surface area (Å²) in [6.07, 6.45) is 0. The van der Waals surface area contributed by atoms with Gasteiger partial charge in [-0.15, -0.1) is 0 Å². The molecule has 0 aliphatic carbocycles. The second-order valence-corrected chi connectivity index (χ2v) is 4.72. The zero-order valence-corrected chi connectivity index (χ0v) is 12.5. The molecule has 22 heavy (non-hydrogen) atoms. The van der Waals surface area contributed by atoms with Crippen molar-refractivity contribution < 1.29 is 19.1 Å². The van der Waals surface area contributed by atoms with Gasteiger partial charge in [-0.3, -0.25) is 4.79 Å². The van der Waals surface area contributed by atoms with E-state index in [2.05, 4.69) is 10.1 Å². The van der Waals surface area contributed by atoms with Gasteiger partial charge in [-0.1, -0.05) is 12.1 Å². The molecule has 0 spiro atoms. The SMILES string of the molecule is COC(=O)c1ccc(OCC(=O)Nc2cccc(C)c2)cc1. The van der Waals surface area contributed by atoms with Crippen molar-refractivity contribution in [1.29, 1.82) is 0 Å². The number of benzene rings is 2. The lowest BCUT2D eigenvalue weighted by molar-refractivity contribution is -0.118. The predicted molar refractivity (Wildman–Crippen MR) is 83.1 cm³/mol. The Morgan fingerprint density at radius 2 is 1.82 bits per heavy atom. The summed E-state index contributed by atoms with van der Waals surface area (Å²) in [5, 5.41) is 2.75. The molecule has 5 nitrogen and oxygen atoms in total. The number of hydrogen-bond acceptors (Lipinski definition) is 4. The highest BCUT2D eigenvalue weighted by Gasteiger charge is 2.07. The molecule has 0 atom stereocenters. The third-order valence-corrected chi connectivity index (χ3v) is 2.95. The van der Waals surface area contributed by atoms with Crippen molar-refractivity contribution in [1.82, 2.24) is 0 Å². The van der Waals surface area contributed by atoms with Gasteiger partial charge < -0.3 is 14.8 Å². The molecule has 2 aromatic carbocycles. The van der Waals surface area contributed by atoms with E-state index in [9.17, 15) is 9.59 Å². The Bertz CT molecular complexity index is 665. The Kier molecular flexibility index (Phi) is 5.14. The third kappa shape index (κ3) is 4.34. The number of ether oxygens (including phenoxy) is 2. The van der Waals surface area contributed by atoms with Gasteiger partial charge in [0.2, 0.25) is 0 Å². The number of esters is 1. The molecular formula is C17H17NO4. The van der Waals surface area contributed by atoms with Crippen LogP contribution in [0.1, 0.15) is 15.9 Å². The summed E-state index contributed by atoms with van der Waals surface area (Å²) in [6.45, 7) is 1.85. The van der Waals surface area contributed by atoms with Gasteiger partial charge >= 0.3 is 5.97 Å². The molecule has 114 valence electrons. The van der Waals surface area contributed by atoms with Crippen LogP contribution in [0.4, 0.5) is 5.69 Å². The average molecular weight is 299 g/mol. The molecule has 2 rings (SSSR count).